The summed E-state index contributed by atoms with van der Waals surface area (Å²) in [5.74, 6) is 1.14. The maximum Gasteiger partial charge on any atom is 0.225 e. The van der Waals surface area contributed by atoms with Gasteiger partial charge in [-0.3, -0.25) is 4.68 Å². The first kappa shape index (κ1) is 24.0. The lowest BCUT2D eigenvalue weighted by Crippen LogP contribution is -2.53. The van der Waals surface area contributed by atoms with Gasteiger partial charge in [-0.25, -0.2) is 23.9 Å². The van der Waals surface area contributed by atoms with Crippen LogP contribution in [0.4, 0.5) is 16.2 Å². The summed E-state index contributed by atoms with van der Waals surface area (Å²) in [6.45, 7) is 5.97. The lowest BCUT2D eigenvalue weighted by atomic mass is 9.90. The van der Waals surface area contributed by atoms with Crippen molar-refractivity contribution in [2.75, 3.05) is 29.4 Å². The number of halogens is 1. The number of nitrogens with zero attached hydrogens (tertiary/aromatic N) is 9. The van der Waals surface area contributed by atoms with Gasteiger partial charge < -0.3 is 14.9 Å². The van der Waals surface area contributed by atoms with Gasteiger partial charge in [-0.1, -0.05) is 12.1 Å². The van der Waals surface area contributed by atoms with E-state index in [-0.39, 0.29) is 11.9 Å². The standard InChI is InChI=1S/C27H28FN9O/c1-18-14-35(25-24-10-19(16-37(24)33-17-31-25)20-11-32-34(3)15-20)8-9-36(18)26-29-12-22(13-30-26)27(2,38)21-4-6-23(28)7-5-21/h4-7,10-13,15-18,38H,8-9,14H2,1-3H3. The highest BCUT2D eigenvalue weighted by molar-refractivity contribution is 5.77. The van der Waals surface area contributed by atoms with E-state index in [4.69, 9.17) is 0 Å². The van der Waals surface area contributed by atoms with Crippen LogP contribution in [0.1, 0.15) is 25.0 Å². The Morgan fingerprint density at radius 3 is 2.39 bits per heavy atom. The summed E-state index contributed by atoms with van der Waals surface area (Å²) in [6, 6.07) is 8.02. The monoisotopic (exact) mass is 513 g/mol. The number of aryl methyl sites for hydroxylation is 1. The molecule has 10 nitrogen and oxygen atoms in total. The molecule has 0 aliphatic carbocycles. The highest BCUT2D eigenvalue weighted by Crippen LogP contribution is 2.31. The Morgan fingerprint density at radius 1 is 0.947 bits per heavy atom. The molecular weight excluding hydrogens is 485 g/mol. The minimum atomic E-state index is -1.33. The van der Waals surface area contributed by atoms with Crippen LogP contribution in [0.3, 0.4) is 0 Å². The molecule has 1 N–H and O–H groups in total. The number of rotatable bonds is 5. The summed E-state index contributed by atoms with van der Waals surface area (Å²) in [4.78, 5) is 18.2. The molecule has 5 heterocycles. The SMILES string of the molecule is CC1CN(c2ncnn3cc(-c4cnn(C)c4)cc23)CCN1c1ncc(C(C)(O)c2ccc(F)cc2)cn1. The second-order valence-corrected chi connectivity index (χ2v) is 9.88. The quantitative estimate of drug-likeness (QED) is 0.383. The molecule has 1 aliphatic heterocycles. The number of hydrogen-bond acceptors (Lipinski definition) is 8. The maximum atomic E-state index is 13.3. The second-order valence-electron chi connectivity index (χ2n) is 9.88. The van der Waals surface area contributed by atoms with Crippen molar-refractivity contribution in [3.05, 3.63) is 84.6 Å². The van der Waals surface area contributed by atoms with Gasteiger partial charge in [0.2, 0.25) is 5.95 Å². The summed E-state index contributed by atoms with van der Waals surface area (Å²) in [5.41, 5.74) is 2.79. The third-order valence-corrected chi connectivity index (χ3v) is 7.21. The number of piperazine rings is 1. The van der Waals surface area contributed by atoms with Crippen LogP contribution < -0.4 is 9.80 Å². The van der Waals surface area contributed by atoms with Crippen molar-refractivity contribution in [2.24, 2.45) is 7.05 Å². The van der Waals surface area contributed by atoms with Crippen LogP contribution in [0.25, 0.3) is 16.6 Å². The molecule has 0 bridgehead atoms. The van der Waals surface area contributed by atoms with E-state index in [1.807, 2.05) is 30.2 Å². The molecule has 1 aromatic carbocycles. The van der Waals surface area contributed by atoms with Crippen LogP contribution >= 0.6 is 0 Å². The molecule has 4 aromatic heterocycles. The lowest BCUT2D eigenvalue weighted by molar-refractivity contribution is 0.101. The van der Waals surface area contributed by atoms with Gasteiger partial charge >= 0.3 is 0 Å². The topological polar surface area (TPSA) is 101 Å². The minimum absolute atomic E-state index is 0.120. The molecule has 1 saturated heterocycles. The summed E-state index contributed by atoms with van der Waals surface area (Å²) in [5, 5.41) is 19.8. The molecule has 2 unspecified atom stereocenters. The van der Waals surface area contributed by atoms with Crippen molar-refractivity contribution in [3.63, 3.8) is 0 Å². The number of hydrogen-bond donors (Lipinski definition) is 1. The Kier molecular flexibility index (Phi) is 5.79. The highest BCUT2D eigenvalue weighted by atomic mass is 19.1. The van der Waals surface area contributed by atoms with Gasteiger partial charge in [-0.2, -0.15) is 10.2 Å². The predicted molar refractivity (Wildman–Crippen MR) is 141 cm³/mol. The third kappa shape index (κ3) is 4.24. The summed E-state index contributed by atoms with van der Waals surface area (Å²) in [6.07, 6.45) is 10.7. The summed E-state index contributed by atoms with van der Waals surface area (Å²) in [7, 11) is 1.90. The number of aliphatic hydroxyl groups is 1. The van der Waals surface area contributed by atoms with E-state index in [1.165, 1.54) is 12.1 Å². The van der Waals surface area contributed by atoms with Gasteiger partial charge in [0.15, 0.2) is 5.82 Å². The van der Waals surface area contributed by atoms with Crippen molar-refractivity contribution in [1.82, 2.24) is 34.3 Å². The highest BCUT2D eigenvalue weighted by Gasteiger charge is 2.30. The molecule has 11 heteroatoms. The molecule has 5 aromatic rings. The van der Waals surface area contributed by atoms with E-state index < -0.39 is 5.60 Å². The predicted octanol–water partition coefficient (Wildman–Crippen LogP) is 3.03. The maximum absolute atomic E-state index is 13.3. The average Bonchev–Trinajstić information content (AvgIpc) is 3.55. The minimum Gasteiger partial charge on any atom is -0.381 e. The van der Waals surface area contributed by atoms with Gasteiger partial charge in [0.05, 0.1) is 6.20 Å². The number of fused-ring (bicyclic) bond motifs is 1. The van der Waals surface area contributed by atoms with E-state index >= 15 is 0 Å². The fraction of sp³-hybridized carbons (Fsp3) is 0.296. The van der Waals surface area contributed by atoms with E-state index in [2.05, 4.69) is 47.9 Å². The molecular formula is C27H28FN9O. The largest absolute Gasteiger partial charge is 0.381 e. The van der Waals surface area contributed by atoms with E-state index in [1.54, 1.807) is 42.5 Å². The van der Waals surface area contributed by atoms with Gasteiger partial charge in [0.25, 0.3) is 0 Å². The normalized spacial score (nSPS) is 17.7. The van der Waals surface area contributed by atoms with Crippen molar-refractivity contribution >= 4 is 17.3 Å². The smallest absolute Gasteiger partial charge is 0.225 e. The molecule has 194 valence electrons. The van der Waals surface area contributed by atoms with Crippen LogP contribution in [0.5, 0.6) is 0 Å². The molecule has 2 atom stereocenters. The van der Waals surface area contributed by atoms with Crippen LogP contribution in [0.2, 0.25) is 0 Å². The average molecular weight is 514 g/mol. The van der Waals surface area contributed by atoms with Crippen molar-refractivity contribution in [2.45, 2.75) is 25.5 Å². The Morgan fingerprint density at radius 2 is 1.71 bits per heavy atom. The second kappa shape index (κ2) is 9.18. The van der Waals surface area contributed by atoms with Crippen molar-refractivity contribution < 1.29 is 9.50 Å². The van der Waals surface area contributed by atoms with E-state index in [0.29, 0.717) is 23.6 Å². The van der Waals surface area contributed by atoms with E-state index in [9.17, 15) is 9.50 Å². The van der Waals surface area contributed by atoms with Crippen LogP contribution in [-0.2, 0) is 12.6 Å². The number of benzene rings is 1. The third-order valence-electron chi connectivity index (χ3n) is 7.21. The molecule has 6 rings (SSSR count). The first-order chi connectivity index (χ1) is 18.3. The molecule has 38 heavy (non-hydrogen) atoms. The first-order valence-corrected chi connectivity index (χ1v) is 12.4. The number of aromatic nitrogens is 7. The zero-order chi connectivity index (χ0) is 26.4. The fourth-order valence-corrected chi connectivity index (χ4v) is 5.00. The summed E-state index contributed by atoms with van der Waals surface area (Å²) < 4.78 is 17.0. The zero-order valence-electron chi connectivity index (χ0n) is 21.4. The van der Waals surface area contributed by atoms with Crippen LogP contribution in [0, 0.1) is 5.82 Å². The molecule has 0 radical (unpaired) electrons. The molecule has 1 fully saturated rings. The van der Waals surface area contributed by atoms with Gasteiger partial charge in [0.1, 0.15) is 23.3 Å². The zero-order valence-corrected chi connectivity index (χ0v) is 21.4. The van der Waals surface area contributed by atoms with Crippen molar-refractivity contribution in [3.8, 4) is 11.1 Å². The van der Waals surface area contributed by atoms with Crippen LogP contribution in [-0.4, -0.2) is 65.1 Å². The van der Waals surface area contributed by atoms with Crippen molar-refractivity contribution in [1.29, 1.82) is 0 Å². The van der Waals surface area contributed by atoms with Gasteiger partial charge in [-0.15, -0.1) is 0 Å². The number of anilines is 2. The first-order valence-electron chi connectivity index (χ1n) is 12.4. The Balaban J connectivity index is 1.20. The fourth-order valence-electron chi connectivity index (χ4n) is 5.00. The Hall–Kier alpha value is -4.38. The Bertz CT molecular complexity index is 1580. The molecule has 0 spiro atoms. The molecule has 1 aliphatic rings. The Labute approximate surface area is 219 Å². The molecule has 0 amide bonds. The van der Waals surface area contributed by atoms with Gasteiger partial charge in [-0.05, 0) is 37.6 Å². The lowest BCUT2D eigenvalue weighted by Gasteiger charge is -2.40. The van der Waals surface area contributed by atoms with Crippen LogP contribution in [0.15, 0.2) is 67.6 Å². The van der Waals surface area contributed by atoms with Gasteiger partial charge in [0, 0.05) is 74.2 Å². The summed E-state index contributed by atoms with van der Waals surface area (Å²) >= 11 is 0. The molecule has 0 saturated carbocycles. The van der Waals surface area contributed by atoms with E-state index in [0.717, 1.165) is 35.6 Å².